The van der Waals surface area contributed by atoms with E-state index in [1.165, 1.54) is 11.3 Å². The van der Waals surface area contributed by atoms with Gasteiger partial charge in [-0.15, -0.1) is 11.3 Å². The number of hydrogen-bond donors (Lipinski definition) is 1. The standard InChI is InChI=1S/C11H9N3O2S/c1-5-2-6-7(3-13-5)16-9(11(12)15)8-10(6)17-4-14-8/h2-4,9H,1H3,(H2,12,15). The van der Waals surface area contributed by atoms with Crippen LogP contribution in [-0.2, 0) is 4.79 Å². The quantitative estimate of drug-likeness (QED) is 0.826. The van der Waals surface area contributed by atoms with Crippen molar-refractivity contribution in [3.05, 3.63) is 29.2 Å². The van der Waals surface area contributed by atoms with Crippen LogP contribution in [0.5, 0.6) is 5.75 Å². The summed E-state index contributed by atoms with van der Waals surface area (Å²) in [6, 6.07) is 1.92. The van der Waals surface area contributed by atoms with E-state index in [4.69, 9.17) is 10.5 Å². The van der Waals surface area contributed by atoms with Crippen molar-refractivity contribution in [3.8, 4) is 16.2 Å². The number of aryl methyl sites for hydroxylation is 1. The number of nitrogens with zero attached hydrogens (tertiary/aromatic N) is 2. The Labute approximate surface area is 101 Å². The SMILES string of the molecule is Cc1cc2c(cn1)OC(C(N)=O)c1ncsc1-2. The van der Waals surface area contributed by atoms with E-state index in [-0.39, 0.29) is 0 Å². The Morgan fingerprint density at radius 1 is 1.53 bits per heavy atom. The highest BCUT2D eigenvalue weighted by Crippen LogP contribution is 2.43. The minimum atomic E-state index is -0.812. The van der Waals surface area contributed by atoms with Crippen LogP contribution in [0.25, 0.3) is 10.4 Å². The third-order valence-electron chi connectivity index (χ3n) is 2.60. The molecule has 0 saturated carbocycles. The number of fused-ring (bicyclic) bond motifs is 3. The summed E-state index contributed by atoms with van der Waals surface area (Å²) in [4.78, 5) is 20.6. The van der Waals surface area contributed by atoms with Gasteiger partial charge in [-0.05, 0) is 13.0 Å². The molecule has 1 aliphatic heterocycles. The van der Waals surface area contributed by atoms with Crippen LogP contribution in [-0.4, -0.2) is 15.9 Å². The Kier molecular flexibility index (Phi) is 2.12. The van der Waals surface area contributed by atoms with E-state index in [0.29, 0.717) is 11.4 Å². The molecule has 2 aromatic heterocycles. The number of pyridine rings is 1. The first-order valence-corrected chi connectivity index (χ1v) is 5.91. The zero-order chi connectivity index (χ0) is 12.0. The number of hydrogen-bond acceptors (Lipinski definition) is 5. The number of amides is 1. The summed E-state index contributed by atoms with van der Waals surface area (Å²) in [6.45, 7) is 1.90. The van der Waals surface area contributed by atoms with Crippen molar-refractivity contribution in [2.24, 2.45) is 5.73 Å². The first-order chi connectivity index (χ1) is 8.16. The molecule has 5 nitrogen and oxygen atoms in total. The molecule has 17 heavy (non-hydrogen) atoms. The first-order valence-electron chi connectivity index (χ1n) is 5.03. The van der Waals surface area contributed by atoms with Crippen molar-refractivity contribution in [3.63, 3.8) is 0 Å². The average molecular weight is 247 g/mol. The highest BCUT2D eigenvalue weighted by atomic mass is 32.1. The molecule has 6 heteroatoms. The summed E-state index contributed by atoms with van der Waals surface area (Å²) in [5.74, 6) is 0.0412. The normalized spacial score (nSPS) is 16.9. The first kappa shape index (κ1) is 10.2. The fourth-order valence-corrected chi connectivity index (χ4v) is 2.68. The highest BCUT2D eigenvalue weighted by molar-refractivity contribution is 7.13. The van der Waals surface area contributed by atoms with Crippen molar-refractivity contribution in [1.82, 2.24) is 9.97 Å². The molecule has 0 aliphatic carbocycles. The summed E-state index contributed by atoms with van der Waals surface area (Å²) >= 11 is 1.47. The van der Waals surface area contributed by atoms with Gasteiger partial charge >= 0.3 is 0 Å². The Morgan fingerprint density at radius 2 is 2.35 bits per heavy atom. The minimum absolute atomic E-state index is 0.539. The lowest BCUT2D eigenvalue weighted by Gasteiger charge is -2.22. The van der Waals surface area contributed by atoms with Gasteiger partial charge in [-0.25, -0.2) is 4.98 Å². The number of thiazole rings is 1. The Morgan fingerprint density at radius 3 is 3.12 bits per heavy atom. The van der Waals surface area contributed by atoms with Gasteiger partial charge in [0, 0.05) is 11.3 Å². The maximum absolute atomic E-state index is 11.3. The van der Waals surface area contributed by atoms with Gasteiger partial charge in [0.25, 0.3) is 5.91 Å². The number of nitrogens with two attached hydrogens (primary N) is 1. The van der Waals surface area contributed by atoms with Crippen LogP contribution in [0, 0.1) is 6.92 Å². The zero-order valence-corrected chi connectivity index (χ0v) is 9.82. The molecule has 1 aliphatic rings. The van der Waals surface area contributed by atoms with Crippen LogP contribution >= 0.6 is 11.3 Å². The summed E-state index contributed by atoms with van der Waals surface area (Å²) in [5, 5.41) is 0. The van der Waals surface area contributed by atoms with Gasteiger partial charge in [-0.3, -0.25) is 9.78 Å². The fraction of sp³-hybridized carbons (Fsp3) is 0.182. The van der Waals surface area contributed by atoms with Crippen molar-refractivity contribution in [2.75, 3.05) is 0 Å². The lowest BCUT2D eigenvalue weighted by molar-refractivity contribution is -0.125. The van der Waals surface area contributed by atoms with Crippen LogP contribution in [0.2, 0.25) is 0 Å². The minimum Gasteiger partial charge on any atom is -0.472 e. The van der Waals surface area contributed by atoms with Gasteiger partial charge in [0.15, 0.2) is 0 Å². The Balaban J connectivity index is 2.23. The summed E-state index contributed by atoms with van der Waals surface area (Å²) in [6.07, 6.45) is 0.803. The van der Waals surface area contributed by atoms with Crippen LogP contribution in [0.1, 0.15) is 17.5 Å². The number of carbonyl (C=O) groups excluding carboxylic acids is 1. The second-order valence-corrected chi connectivity index (χ2v) is 4.64. The molecule has 2 N–H and O–H groups in total. The van der Waals surface area contributed by atoms with E-state index in [1.807, 2.05) is 13.0 Å². The van der Waals surface area contributed by atoms with Crippen LogP contribution in [0.15, 0.2) is 17.8 Å². The second kappa shape index (κ2) is 3.53. The van der Waals surface area contributed by atoms with Gasteiger partial charge in [0.1, 0.15) is 11.4 Å². The fourth-order valence-electron chi connectivity index (χ4n) is 1.84. The van der Waals surface area contributed by atoms with Crippen LogP contribution in [0.3, 0.4) is 0 Å². The maximum Gasteiger partial charge on any atom is 0.264 e. The molecule has 0 bridgehead atoms. The van der Waals surface area contributed by atoms with Crippen molar-refractivity contribution >= 4 is 17.2 Å². The number of ether oxygens (including phenoxy) is 1. The Bertz CT molecular complexity index is 609. The van der Waals surface area contributed by atoms with Crippen LogP contribution < -0.4 is 10.5 Å². The number of carbonyl (C=O) groups is 1. The second-order valence-electron chi connectivity index (χ2n) is 3.79. The average Bonchev–Trinajstić information content (AvgIpc) is 2.76. The molecule has 0 saturated heterocycles. The molecule has 0 aromatic carbocycles. The zero-order valence-electron chi connectivity index (χ0n) is 9.01. The topological polar surface area (TPSA) is 78.1 Å². The lowest BCUT2D eigenvalue weighted by atomic mass is 10.1. The molecule has 86 valence electrons. The molecule has 3 heterocycles. The third kappa shape index (κ3) is 1.49. The van der Waals surface area contributed by atoms with Gasteiger partial charge in [0.2, 0.25) is 6.10 Å². The molecular weight excluding hydrogens is 238 g/mol. The molecule has 3 rings (SSSR count). The predicted octanol–water partition coefficient (Wildman–Crippen LogP) is 1.43. The molecule has 0 fully saturated rings. The van der Waals surface area contributed by atoms with Gasteiger partial charge < -0.3 is 10.5 Å². The van der Waals surface area contributed by atoms with E-state index in [2.05, 4.69) is 9.97 Å². The number of aromatic nitrogens is 2. The largest absolute Gasteiger partial charge is 0.472 e. The molecule has 0 spiro atoms. The van der Waals surface area contributed by atoms with E-state index in [0.717, 1.165) is 16.1 Å². The molecule has 1 atom stereocenters. The van der Waals surface area contributed by atoms with E-state index >= 15 is 0 Å². The highest BCUT2D eigenvalue weighted by Gasteiger charge is 2.32. The molecule has 2 aromatic rings. The smallest absolute Gasteiger partial charge is 0.264 e. The van der Waals surface area contributed by atoms with Crippen LogP contribution in [0.4, 0.5) is 0 Å². The third-order valence-corrected chi connectivity index (χ3v) is 3.47. The molecule has 1 unspecified atom stereocenters. The lowest BCUT2D eigenvalue weighted by Crippen LogP contribution is -2.28. The maximum atomic E-state index is 11.3. The van der Waals surface area contributed by atoms with Gasteiger partial charge in [-0.1, -0.05) is 0 Å². The van der Waals surface area contributed by atoms with E-state index in [9.17, 15) is 4.79 Å². The molecular formula is C11H9N3O2S. The number of primary amides is 1. The summed E-state index contributed by atoms with van der Waals surface area (Å²) in [7, 11) is 0. The Hall–Kier alpha value is -1.95. The van der Waals surface area contributed by atoms with Gasteiger partial charge in [0.05, 0.1) is 16.6 Å². The van der Waals surface area contributed by atoms with Crippen molar-refractivity contribution in [1.29, 1.82) is 0 Å². The predicted molar refractivity (Wildman–Crippen MR) is 62.6 cm³/mol. The van der Waals surface area contributed by atoms with Gasteiger partial charge in [-0.2, -0.15) is 0 Å². The molecule has 1 amide bonds. The number of rotatable bonds is 1. The summed E-state index contributed by atoms with van der Waals surface area (Å²) in [5.41, 5.74) is 9.41. The monoisotopic (exact) mass is 247 g/mol. The van der Waals surface area contributed by atoms with Crippen molar-refractivity contribution < 1.29 is 9.53 Å². The summed E-state index contributed by atoms with van der Waals surface area (Å²) < 4.78 is 5.54. The van der Waals surface area contributed by atoms with Crippen molar-refractivity contribution in [2.45, 2.75) is 13.0 Å². The molecule has 0 radical (unpaired) electrons. The van der Waals surface area contributed by atoms with E-state index < -0.39 is 12.0 Å². The van der Waals surface area contributed by atoms with E-state index in [1.54, 1.807) is 11.7 Å².